The van der Waals surface area contributed by atoms with Crippen molar-refractivity contribution >= 4 is 44.4 Å². The first kappa shape index (κ1) is 40.4. The van der Waals surface area contributed by atoms with Crippen LogP contribution in [-0.2, 0) is 29.2 Å². The van der Waals surface area contributed by atoms with Gasteiger partial charge in [0, 0.05) is 55.4 Å². The van der Waals surface area contributed by atoms with Gasteiger partial charge < -0.3 is 19.3 Å². The molecular weight excluding hydrogens is 745 g/mol. The number of piperidine rings is 1. The number of sulfonamides is 1. The molecule has 7 rings (SSSR count). The maximum atomic E-state index is 14.9. The molecule has 3 heterocycles. The first-order valence-electron chi connectivity index (χ1n) is 20.1. The minimum atomic E-state index is -3.86. The van der Waals surface area contributed by atoms with Crippen LogP contribution >= 0.6 is 0 Å². The standard InChI is InChI=1S/C44H54N4O8S/c1-6-29-25-44(29,42(52)46-57(53,54)32-16-17-32)26-38(49)37-22-31(27-48(37)41(51)34(43(2,3)4)23-40(50)47-19-11-8-12-20-47)56-39-24-35(28-13-9-7-10-14-28)45-36-21-30(55-5)15-18-33(36)39/h6-7,9-10,13-15,18,21,24,29,31-32,34,37H,1,8,11-12,16-17,19-20,22-23,25-27H2,2-5H3,(H,46,52)/t29-,31-,34-,37-,44-/m1/s1. The van der Waals surface area contributed by atoms with Gasteiger partial charge in [-0.2, -0.15) is 0 Å². The van der Waals surface area contributed by atoms with E-state index < -0.39 is 56.0 Å². The van der Waals surface area contributed by atoms with E-state index in [9.17, 15) is 27.6 Å². The molecule has 2 saturated heterocycles. The summed E-state index contributed by atoms with van der Waals surface area (Å²) in [5.74, 6) is -1.44. The summed E-state index contributed by atoms with van der Waals surface area (Å²) in [6, 6.07) is 16.1. The van der Waals surface area contributed by atoms with Gasteiger partial charge in [0.15, 0.2) is 5.78 Å². The molecule has 1 aromatic heterocycles. The number of rotatable bonds is 14. The molecule has 2 aliphatic carbocycles. The van der Waals surface area contributed by atoms with Gasteiger partial charge in [-0.1, -0.05) is 57.2 Å². The fourth-order valence-corrected chi connectivity index (χ4v) is 9.87. The van der Waals surface area contributed by atoms with Crippen molar-refractivity contribution < 1.29 is 37.1 Å². The van der Waals surface area contributed by atoms with Crippen LogP contribution in [0.15, 0.2) is 67.3 Å². The zero-order valence-electron chi connectivity index (χ0n) is 33.4. The molecule has 304 valence electrons. The van der Waals surface area contributed by atoms with Crippen molar-refractivity contribution in [1.29, 1.82) is 0 Å². The summed E-state index contributed by atoms with van der Waals surface area (Å²) in [6.45, 7) is 11.0. The number of allylic oxidation sites excluding steroid dienone is 1. The lowest BCUT2D eigenvalue weighted by Crippen LogP contribution is -2.49. The second-order valence-corrected chi connectivity index (χ2v) is 19.3. The molecular formula is C44H54N4O8S. The highest BCUT2D eigenvalue weighted by Crippen LogP contribution is 2.57. The quantitative estimate of drug-likeness (QED) is 0.191. The van der Waals surface area contributed by atoms with Crippen LogP contribution < -0.4 is 14.2 Å². The normalized spacial score (nSPS) is 24.1. The van der Waals surface area contributed by atoms with Crippen LogP contribution in [0.5, 0.6) is 11.5 Å². The Hall–Kier alpha value is -4.78. The van der Waals surface area contributed by atoms with E-state index >= 15 is 0 Å². The number of ketones is 1. The number of aromatic nitrogens is 1. The highest BCUT2D eigenvalue weighted by atomic mass is 32.2. The van der Waals surface area contributed by atoms with Crippen LogP contribution in [0.2, 0.25) is 0 Å². The maximum absolute atomic E-state index is 14.9. The van der Waals surface area contributed by atoms with E-state index in [1.807, 2.05) is 80.3 Å². The Morgan fingerprint density at radius 3 is 2.39 bits per heavy atom. The lowest BCUT2D eigenvalue weighted by Gasteiger charge is -2.36. The van der Waals surface area contributed by atoms with E-state index in [1.165, 1.54) is 0 Å². The lowest BCUT2D eigenvalue weighted by atomic mass is 9.77. The highest BCUT2D eigenvalue weighted by molar-refractivity contribution is 7.90. The van der Waals surface area contributed by atoms with Crippen LogP contribution in [-0.4, -0.2) is 90.8 Å². The number of benzene rings is 2. The Bertz CT molecular complexity index is 2160. The number of nitrogens with zero attached hydrogens (tertiary/aromatic N) is 3. The Balaban J connectivity index is 1.21. The van der Waals surface area contributed by atoms with Gasteiger partial charge >= 0.3 is 0 Å². The molecule has 3 amide bonds. The predicted molar refractivity (Wildman–Crippen MR) is 217 cm³/mol. The fourth-order valence-electron chi connectivity index (χ4n) is 8.49. The molecule has 13 heteroatoms. The number of carbonyl (C=O) groups is 4. The number of fused-ring (bicyclic) bond motifs is 1. The molecule has 0 spiro atoms. The molecule has 2 saturated carbocycles. The van der Waals surface area contributed by atoms with E-state index in [-0.39, 0.29) is 49.8 Å². The van der Waals surface area contributed by atoms with E-state index in [0.29, 0.717) is 48.6 Å². The average Bonchev–Trinajstić information content (AvgIpc) is 4.13. The topological polar surface area (TPSA) is 152 Å². The van der Waals surface area contributed by atoms with Crippen LogP contribution in [0.4, 0.5) is 0 Å². The van der Waals surface area contributed by atoms with Gasteiger partial charge in [-0.15, -0.1) is 6.58 Å². The van der Waals surface area contributed by atoms with Gasteiger partial charge in [0.1, 0.15) is 17.6 Å². The summed E-state index contributed by atoms with van der Waals surface area (Å²) in [6.07, 6.45) is 5.01. The monoisotopic (exact) mass is 798 g/mol. The Morgan fingerprint density at radius 1 is 1.04 bits per heavy atom. The van der Waals surface area contributed by atoms with Crippen LogP contribution in [0, 0.1) is 22.7 Å². The molecule has 4 fully saturated rings. The highest BCUT2D eigenvalue weighted by Gasteiger charge is 2.61. The summed E-state index contributed by atoms with van der Waals surface area (Å²) in [4.78, 5) is 65.2. The second-order valence-electron chi connectivity index (χ2n) is 17.3. The number of pyridine rings is 1. The van der Waals surface area contributed by atoms with Gasteiger partial charge in [-0.25, -0.2) is 13.4 Å². The van der Waals surface area contributed by atoms with Crippen molar-refractivity contribution in [3.8, 4) is 22.8 Å². The number of likely N-dealkylation sites (tertiary alicyclic amines) is 2. The third kappa shape index (κ3) is 8.59. The first-order chi connectivity index (χ1) is 27.1. The van der Waals surface area contributed by atoms with Crippen molar-refractivity contribution in [2.45, 2.75) is 96.0 Å². The smallest absolute Gasteiger partial charge is 0.240 e. The molecule has 2 aromatic carbocycles. The molecule has 57 heavy (non-hydrogen) atoms. The van der Waals surface area contributed by atoms with Crippen molar-refractivity contribution in [3.63, 3.8) is 0 Å². The number of hydrogen-bond acceptors (Lipinski definition) is 9. The van der Waals surface area contributed by atoms with E-state index in [2.05, 4.69) is 11.3 Å². The molecule has 0 bridgehead atoms. The van der Waals surface area contributed by atoms with E-state index in [0.717, 1.165) is 30.2 Å². The van der Waals surface area contributed by atoms with Gasteiger partial charge in [-0.05, 0) is 62.0 Å². The number of nitrogens with one attached hydrogen (secondary N) is 1. The molecule has 12 nitrogen and oxygen atoms in total. The van der Waals surface area contributed by atoms with Crippen molar-refractivity contribution in [3.05, 3.63) is 67.3 Å². The number of methoxy groups -OCH3 is 1. The summed E-state index contributed by atoms with van der Waals surface area (Å²) in [5.41, 5.74) is 0.289. The van der Waals surface area contributed by atoms with Crippen molar-refractivity contribution in [2.75, 3.05) is 26.7 Å². The summed E-state index contributed by atoms with van der Waals surface area (Å²) >= 11 is 0. The molecule has 0 unspecified atom stereocenters. The summed E-state index contributed by atoms with van der Waals surface area (Å²) in [7, 11) is -2.27. The largest absolute Gasteiger partial charge is 0.497 e. The van der Waals surface area contributed by atoms with Gasteiger partial charge in [-0.3, -0.25) is 23.9 Å². The number of ether oxygens (including phenoxy) is 2. The third-order valence-corrected chi connectivity index (χ3v) is 14.1. The Kier molecular flexibility index (Phi) is 11.3. The predicted octanol–water partition coefficient (Wildman–Crippen LogP) is 6.08. The van der Waals surface area contributed by atoms with Gasteiger partial charge in [0.2, 0.25) is 27.7 Å². The molecule has 0 radical (unpaired) electrons. The zero-order chi connectivity index (χ0) is 40.7. The summed E-state index contributed by atoms with van der Waals surface area (Å²) in [5, 5.41) is 0.118. The minimum absolute atomic E-state index is 0.00639. The average molecular weight is 799 g/mol. The van der Waals surface area contributed by atoms with Gasteiger partial charge in [0.05, 0.1) is 47.5 Å². The van der Waals surface area contributed by atoms with Crippen molar-refractivity contribution in [2.24, 2.45) is 22.7 Å². The van der Waals surface area contributed by atoms with Crippen LogP contribution in [0.1, 0.15) is 78.6 Å². The fraction of sp³-hybridized carbons (Fsp3) is 0.523. The van der Waals surface area contributed by atoms with Crippen LogP contribution in [0.3, 0.4) is 0 Å². The Labute approximate surface area is 335 Å². The third-order valence-electron chi connectivity index (χ3n) is 12.2. The number of carbonyl (C=O) groups excluding carboxylic acids is 4. The summed E-state index contributed by atoms with van der Waals surface area (Å²) < 4.78 is 40.2. The number of Topliss-reactive ketones (excluding diaryl/α,β-unsaturated/α-hetero) is 1. The van der Waals surface area contributed by atoms with E-state index in [1.54, 1.807) is 18.1 Å². The molecule has 1 N–H and O–H groups in total. The second kappa shape index (κ2) is 15.9. The molecule has 3 aromatic rings. The maximum Gasteiger partial charge on any atom is 0.240 e. The van der Waals surface area contributed by atoms with Gasteiger partial charge in [0.25, 0.3) is 0 Å². The molecule has 5 atom stereocenters. The first-order valence-corrected chi connectivity index (χ1v) is 21.7. The lowest BCUT2D eigenvalue weighted by molar-refractivity contribution is -0.148. The van der Waals surface area contributed by atoms with Crippen molar-refractivity contribution in [1.82, 2.24) is 19.5 Å². The SMILES string of the molecule is C=C[C@@H]1C[C@]1(CC(=O)[C@H]1C[C@@H](Oc2cc(-c3ccccc3)nc3cc(OC)ccc23)CN1C(=O)[C@@H](CC(=O)N1CCCCC1)C(C)(C)C)C(=O)NS(=O)(=O)C1CC1. The zero-order valence-corrected chi connectivity index (χ0v) is 34.2. The van der Waals surface area contributed by atoms with E-state index in [4.69, 9.17) is 14.5 Å². The minimum Gasteiger partial charge on any atom is -0.497 e. The molecule has 2 aliphatic heterocycles. The van der Waals surface area contributed by atoms with Crippen LogP contribution in [0.25, 0.3) is 22.2 Å². The number of amides is 3. The Morgan fingerprint density at radius 2 is 1.75 bits per heavy atom. The number of hydrogen-bond donors (Lipinski definition) is 1. The molecule has 4 aliphatic rings.